The fourth-order valence-electron chi connectivity index (χ4n) is 3.99. The molecule has 1 unspecified atom stereocenters. The highest BCUT2D eigenvalue weighted by Crippen LogP contribution is 2.37. The average molecular weight is 594 g/mol. The van der Waals surface area contributed by atoms with Crippen LogP contribution in [0.2, 0.25) is 0 Å². The molecule has 10 nitrogen and oxygen atoms in total. The van der Waals surface area contributed by atoms with E-state index in [9.17, 15) is 41.3 Å². The predicted octanol–water partition coefficient (Wildman–Crippen LogP) is 5.03. The predicted molar refractivity (Wildman–Crippen MR) is 133 cm³/mol. The summed E-state index contributed by atoms with van der Waals surface area (Å²) >= 11 is 0. The Hall–Kier alpha value is -4.79. The van der Waals surface area contributed by atoms with E-state index < -0.39 is 45.4 Å². The van der Waals surface area contributed by atoms with Crippen LogP contribution in [0.25, 0.3) is 0 Å². The maximum absolute atomic E-state index is 13.0. The maximum atomic E-state index is 13.0. The zero-order valence-electron chi connectivity index (χ0n) is 20.6. The van der Waals surface area contributed by atoms with E-state index in [-0.39, 0.29) is 22.0 Å². The molecule has 214 valence electrons. The van der Waals surface area contributed by atoms with Crippen LogP contribution in [0.5, 0.6) is 11.5 Å². The number of nitro benzene ring substituents is 1. The van der Waals surface area contributed by atoms with Crippen molar-refractivity contribution in [1.82, 2.24) is 4.98 Å². The smallest absolute Gasteiger partial charge is 0.387 e. The number of benzene rings is 2. The summed E-state index contributed by atoms with van der Waals surface area (Å²) in [6.45, 7) is -6.63. The van der Waals surface area contributed by atoms with E-state index in [2.05, 4.69) is 14.5 Å². The Kier molecular flexibility index (Phi) is 8.66. The molecule has 4 aromatic rings. The Labute approximate surface area is 230 Å². The molecular weight excluding hydrogens is 574 g/mol. The number of nitro groups is 1. The van der Waals surface area contributed by atoms with Crippen molar-refractivity contribution in [2.24, 2.45) is 0 Å². The first kappa shape index (κ1) is 29.2. The van der Waals surface area contributed by atoms with E-state index in [1.165, 1.54) is 48.9 Å². The lowest BCUT2D eigenvalue weighted by atomic mass is 9.87. The van der Waals surface area contributed by atoms with Crippen LogP contribution in [-0.4, -0.2) is 31.5 Å². The Balaban J connectivity index is 1.73. The van der Waals surface area contributed by atoms with Crippen molar-refractivity contribution in [3.05, 3.63) is 117 Å². The summed E-state index contributed by atoms with van der Waals surface area (Å²) in [5, 5.41) is 22.0. The van der Waals surface area contributed by atoms with E-state index >= 15 is 0 Å². The van der Waals surface area contributed by atoms with Crippen LogP contribution in [0, 0.1) is 15.3 Å². The lowest BCUT2D eigenvalue weighted by molar-refractivity contribution is -0.605. The Morgan fingerprint density at radius 1 is 0.854 bits per heavy atom. The average Bonchev–Trinajstić information content (AvgIpc) is 2.93. The third kappa shape index (κ3) is 7.05. The first-order valence-corrected chi connectivity index (χ1v) is 13.1. The summed E-state index contributed by atoms with van der Waals surface area (Å²) in [7, 11) is -4.15. The van der Waals surface area contributed by atoms with Crippen molar-refractivity contribution in [2.75, 3.05) is 0 Å². The molecule has 0 spiro atoms. The number of ether oxygens (including phenoxy) is 2. The summed E-state index contributed by atoms with van der Waals surface area (Å²) in [4.78, 5) is 14.0. The van der Waals surface area contributed by atoms with Crippen LogP contribution < -0.4 is 14.2 Å². The van der Waals surface area contributed by atoms with Gasteiger partial charge in [-0.2, -0.15) is 22.3 Å². The number of aromatic nitrogens is 2. The van der Waals surface area contributed by atoms with Gasteiger partial charge in [0.2, 0.25) is 9.84 Å². The summed E-state index contributed by atoms with van der Waals surface area (Å²) in [6.07, 6.45) is 3.90. The second kappa shape index (κ2) is 12.2. The van der Waals surface area contributed by atoms with E-state index in [0.717, 1.165) is 36.4 Å². The van der Waals surface area contributed by atoms with Crippen molar-refractivity contribution in [3.63, 3.8) is 0 Å². The van der Waals surface area contributed by atoms with Crippen molar-refractivity contribution in [2.45, 2.75) is 35.5 Å². The number of alkyl halides is 4. The minimum atomic E-state index is -4.15. The van der Waals surface area contributed by atoms with Gasteiger partial charge in [-0.05, 0) is 53.4 Å². The third-order valence-corrected chi connectivity index (χ3v) is 7.59. The van der Waals surface area contributed by atoms with Gasteiger partial charge >= 0.3 is 13.2 Å². The highest BCUT2D eigenvalue weighted by atomic mass is 32.2. The Morgan fingerprint density at radius 2 is 1.46 bits per heavy atom. The zero-order valence-corrected chi connectivity index (χ0v) is 21.5. The number of pyridine rings is 2. The van der Waals surface area contributed by atoms with Gasteiger partial charge in [0.15, 0.2) is 28.9 Å². The van der Waals surface area contributed by atoms with Gasteiger partial charge in [-0.1, -0.05) is 12.1 Å². The van der Waals surface area contributed by atoms with E-state index in [0.29, 0.717) is 21.4 Å². The highest BCUT2D eigenvalue weighted by molar-refractivity contribution is 7.91. The van der Waals surface area contributed by atoms with E-state index in [4.69, 9.17) is 0 Å². The molecule has 2 aromatic carbocycles. The number of non-ortho nitro benzene ring substituents is 1. The van der Waals surface area contributed by atoms with Gasteiger partial charge in [0.05, 0.1) is 9.82 Å². The van der Waals surface area contributed by atoms with Gasteiger partial charge < -0.3 is 14.7 Å². The molecule has 2 heterocycles. The van der Waals surface area contributed by atoms with Crippen molar-refractivity contribution < 1.29 is 45.1 Å². The number of sulfone groups is 1. The molecule has 1 atom stereocenters. The molecule has 41 heavy (non-hydrogen) atoms. The number of halogens is 4. The molecule has 0 aliphatic rings. The van der Waals surface area contributed by atoms with Crippen LogP contribution in [0.3, 0.4) is 0 Å². The first-order valence-electron chi connectivity index (χ1n) is 11.6. The van der Waals surface area contributed by atoms with Crippen LogP contribution in [-0.2, 0) is 16.3 Å². The molecular formula is C26H19F4N3O7S. The van der Waals surface area contributed by atoms with Crippen LogP contribution in [0.15, 0.2) is 95.2 Å². The summed E-state index contributed by atoms with van der Waals surface area (Å²) < 4.78 is 87.0. The number of nitrogens with zero attached hydrogens (tertiary/aromatic N) is 3. The van der Waals surface area contributed by atoms with Gasteiger partial charge in [-0.25, -0.2) is 13.4 Å². The quantitative estimate of drug-likeness (QED) is 0.0777. The Bertz CT molecular complexity index is 1620. The second-order valence-electron chi connectivity index (χ2n) is 8.47. The number of rotatable bonds is 11. The molecule has 0 saturated carbocycles. The first-order chi connectivity index (χ1) is 19.4. The van der Waals surface area contributed by atoms with Crippen LogP contribution >= 0.6 is 0 Å². The molecule has 0 amide bonds. The maximum Gasteiger partial charge on any atom is 0.387 e. The van der Waals surface area contributed by atoms with Crippen molar-refractivity contribution in [3.8, 4) is 11.5 Å². The molecule has 0 saturated heterocycles. The largest absolute Gasteiger partial charge is 0.619 e. The van der Waals surface area contributed by atoms with E-state index in [1.54, 1.807) is 0 Å². The number of hydrogen-bond donors (Lipinski definition) is 0. The van der Waals surface area contributed by atoms with Crippen LogP contribution in [0.1, 0.15) is 22.6 Å². The molecule has 0 radical (unpaired) electrons. The lowest BCUT2D eigenvalue weighted by Gasteiger charge is -2.20. The zero-order chi connectivity index (χ0) is 29.7. The fourth-order valence-corrected chi connectivity index (χ4v) is 5.17. The molecule has 0 fully saturated rings. The molecule has 15 heteroatoms. The monoisotopic (exact) mass is 593 g/mol. The minimum absolute atomic E-state index is 0.167. The molecule has 0 bridgehead atoms. The standard InChI is InChI=1S/C26H19F4N3O7S/c27-25(28)39-22-7-1-17(14-23(22)40-26(29)30)21(13-16-9-11-32(34)12-10-16)18-2-8-24(31-15-18)41(37,38)20-5-3-19(4-6-20)33(35)36/h1-12,14-15,21,25-26H,13H2. The topological polar surface area (TPSA) is 136 Å². The molecule has 0 aliphatic heterocycles. The van der Waals surface area contributed by atoms with Crippen molar-refractivity contribution >= 4 is 15.5 Å². The van der Waals surface area contributed by atoms with Gasteiger partial charge in [-0.3, -0.25) is 10.1 Å². The summed E-state index contributed by atoms with van der Waals surface area (Å²) in [5.74, 6) is -1.95. The third-order valence-electron chi connectivity index (χ3n) is 5.91. The van der Waals surface area contributed by atoms with Gasteiger partial charge in [0.1, 0.15) is 0 Å². The van der Waals surface area contributed by atoms with E-state index in [1.807, 2.05) is 0 Å². The minimum Gasteiger partial charge on any atom is -0.619 e. The molecule has 0 N–H and O–H groups in total. The van der Waals surface area contributed by atoms with Gasteiger partial charge in [0, 0.05) is 36.4 Å². The summed E-state index contributed by atoms with van der Waals surface area (Å²) in [5.41, 5.74) is 1.07. The van der Waals surface area contributed by atoms with Gasteiger partial charge in [0.25, 0.3) is 5.69 Å². The molecule has 4 rings (SSSR count). The SMILES string of the molecule is O=[N+]([O-])c1ccc(S(=O)(=O)c2ccc(C(Cc3cc[n+]([O-])cc3)c3ccc(OC(F)F)c(OC(F)F)c3)cn2)cc1. The second-order valence-corrected chi connectivity index (χ2v) is 10.4. The molecule has 0 aliphatic carbocycles. The highest BCUT2D eigenvalue weighted by Gasteiger charge is 2.24. The van der Waals surface area contributed by atoms with Crippen molar-refractivity contribution in [1.29, 1.82) is 0 Å². The van der Waals surface area contributed by atoms with Gasteiger partial charge in [-0.15, -0.1) is 0 Å². The normalized spacial score (nSPS) is 12.3. The lowest BCUT2D eigenvalue weighted by Crippen LogP contribution is -2.24. The Morgan fingerprint density at radius 3 is 2.02 bits per heavy atom. The molecule has 2 aromatic heterocycles. The summed E-state index contributed by atoms with van der Waals surface area (Å²) in [6, 6.07) is 13.4. The van der Waals surface area contributed by atoms with Crippen LogP contribution in [0.4, 0.5) is 23.2 Å². The fraction of sp³-hybridized carbons (Fsp3) is 0.154. The number of hydrogen-bond acceptors (Lipinski definition) is 8.